The van der Waals surface area contributed by atoms with E-state index < -0.39 is 0 Å². The van der Waals surface area contributed by atoms with Crippen molar-refractivity contribution in [3.63, 3.8) is 0 Å². The first-order valence-electron chi connectivity index (χ1n) is 9.33. The van der Waals surface area contributed by atoms with Crippen molar-refractivity contribution >= 4 is 11.6 Å². The smallest absolute Gasteiger partial charge is 0.269 e. The molecule has 9 heteroatoms. The van der Waals surface area contributed by atoms with E-state index in [-0.39, 0.29) is 17.8 Å². The molecule has 0 radical (unpaired) electrons. The van der Waals surface area contributed by atoms with Crippen molar-refractivity contribution in [1.29, 1.82) is 0 Å². The number of carbonyl (C=O) groups is 1. The molecule has 0 aliphatic carbocycles. The fourth-order valence-corrected chi connectivity index (χ4v) is 3.05. The molecule has 1 N–H and O–H groups in total. The number of carbonyl (C=O) groups excluding carboxylic acids is 1. The molecule has 1 amide bonds. The molecule has 3 aromatic rings. The van der Waals surface area contributed by atoms with Gasteiger partial charge in [-0.05, 0) is 30.3 Å². The molecule has 30 heavy (non-hydrogen) atoms. The van der Waals surface area contributed by atoms with Crippen LogP contribution in [0.4, 0.5) is 4.39 Å². The van der Waals surface area contributed by atoms with Crippen LogP contribution < -0.4 is 10.1 Å². The Bertz CT molecular complexity index is 1060. The summed E-state index contributed by atoms with van der Waals surface area (Å²) < 4.78 is 23.5. The molecule has 2 aromatic carbocycles. The van der Waals surface area contributed by atoms with Gasteiger partial charge in [0.1, 0.15) is 23.4 Å². The van der Waals surface area contributed by atoms with Gasteiger partial charge in [0.2, 0.25) is 0 Å². The lowest BCUT2D eigenvalue weighted by Gasteiger charge is -2.09. The molecule has 2 heterocycles. The molecule has 0 saturated carbocycles. The van der Waals surface area contributed by atoms with Gasteiger partial charge in [0, 0.05) is 24.1 Å². The minimum Gasteiger partial charge on any atom is -0.496 e. The molecule has 1 atom stereocenters. The minimum atomic E-state index is -0.365. The Labute approximate surface area is 171 Å². The molecule has 1 aliphatic heterocycles. The summed E-state index contributed by atoms with van der Waals surface area (Å²) in [5, 5.41) is 10.6. The van der Waals surface area contributed by atoms with E-state index in [0.717, 1.165) is 5.56 Å². The molecule has 1 aromatic heterocycles. The van der Waals surface area contributed by atoms with E-state index in [1.165, 1.54) is 12.1 Å². The number of oxime groups is 1. The van der Waals surface area contributed by atoms with Crippen LogP contribution in [-0.4, -0.2) is 35.0 Å². The number of hydrogen-bond donors (Lipinski definition) is 1. The quantitative estimate of drug-likeness (QED) is 0.643. The Morgan fingerprint density at radius 3 is 2.83 bits per heavy atom. The maximum Gasteiger partial charge on any atom is 0.269 e. The predicted octanol–water partition coefficient (Wildman–Crippen LogP) is 2.89. The van der Waals surface area contributed by atoms with Crippen LogP contribution in [-0.2, 0) is 22.6 Å². The molecule has 0 bridgehead atoms. The third-order valence-electron chi connectivity index (χ3n) is 4.60. The zero-order valence-corrected chi connectivity index (χ0v) is 16.2. The van der Waals surface area contributed by atoms with Gasteiger partial charge in [-0.1, -0.05) is 28.5 Å². The van der Waals surface area contributed by atoms with E-state index in [1.54, 1.807) is 19.2 Å². The van der Waals surface area contributed by atoms with Gasteiger partial charge in [-0.2, -0.15) is 4.98 Å². The summed E-state index contributed by atoms with van der Waals surface area (Å²) in [6.45, 7) is 0.318. The zero-order valence-electron chi connectivity index (χ0n) is 16.2. The minimum absolute atomic E-state index is 0.290. The number of hydrogen-bond acceptors (Lipinski definition) is 7. The Hall–Kier alpha value is -3.75. The van der Waals surface area contributed by atoms with Gasteiger partial charge in [-0.3, -0.25) is 4.79 Å². The summed E-state index contributed by atoms with van der Waals surface area (Å²) in [5.74, 6) is 0.772. The molecular formula is C21H19FN4O4. The monoisotopic (exact) mass is 410 g/mol. The number of aromatic nitrogens is 2. The second kappa shape index (κ2) is 8.73. The number of methoxy groups -OCH3 is 1. The first kappa shape index (κ1) is 19.6. The van der Waals surface area contributed by atoms with Crippen molar-refractivity contribution in [2.75, 3.05) is 7.11 Å². The molecule has 1 aliphatic rings. The van der Waals surface area contributed by atoms with E-state index in [9.17, 15) is 9.18 Å². The van der Waals surface area contributed by atoms with Crippen molar-refractivity contribution in [3.05, 3.63) is 65.7 Å². The Kier molecular flexibility index (Phi) is 5.69. The number of nitrogens with zero attached hydrogens (tertiary/aromatic N) is 3. The summed E-state index contributed by atoms with van der Waals surface area (Å²) in [6.07, 6.45) is 0.297. The number of rotatable bonds is 7. The summed E-state index contributed by atoms with van der Waals surface area (Å²) in [5.41, 5.74) is 1.79. The molecule has 0 spiro atoms. The third kappa shape index (κ3) is 4.45. The number of benzene rings is 2. The molecule has 154 valence electrons. The van der Waals surface area contributed by atoms with Gasteiger partial charge in [0.25, 0.3) is 11.8 Å². The Balaban J connectivity index is 1.30. The largest absolute Gasteiger partial charge is 0.496 e. The highest BCUT2D eigenvalue weighted by atomic mass is 19.1. The maximum atomic E-state index is 13.0. The first-order chi connectivity index (χ1) is 14.6. The third-order valence-corrected chi connectivity index (χ3v) is 4.60. The predicted molar refractivity (Wildman–Crippen MR) is 105 cm³/mol. The number of amides is 1. The van der Waals surface area contributed by atoms with E-state index in [2.05, 4.69) is 20.6 Å². The normalized spacial score (nSPS) is 15.4. The van der Waals surface area contributed by atoms with Crippen molar-refractivity contribution in [2.45, 2.75) is 25.5 Å². The molecule has 0 fully saturated rings. The van der Waals surface area contributed by atoms with Gasteiger partial charge in [0.15, 0.2) is 5.82 Å². The van der Waals surface area contributed by atoms with Gasteiger partial charge >= 0.3 is 0 Å². The van der Waals surface area contributed by atoms with E-state index in [4.69, 9.17) is 14.1 Å². The SMILES string of the molecule is COc1ccccc1CNC(=O)C1=NOC(Cc2noc(-c3ccc(F)cc3)n2)C1. The highest BCUT2D eigenvalue weighted by molar-refractivity contribution is 6.39. The number of halogens is 1. The van der Waals surface area contributed by atoms with Crippen LogP contribution in [0.1, 0.15) is 17.8 Å². The van der Waals surface area contributed by atoms with Crippen LogP contribution in [0.2, 0.25) is 0 Å². The zero-order chi connectivity index (χ0) is 20.9. The summed E-state index contributed by atoms with van der Waals surface area (Å²) in [4.78, 5) is 22.0. The van der Waals surface area contributed by atoms with E-state index in [0.29, 0.717) is 48.1 Å². The van der Waals surface area contributed by atoms with Crippen LogP contribution in [0.25, 0.3) is 11.5 Å². The second-order valence-corrected chi connectivity index (χ2v) is 6.69. The van der Waals surface area contributed by atoms with Crippen LogP contribution in [0, 0.1) is 5.82 Å². The molecule has 4 rings (SSSR count). The first-order valence-corrected chi connectivity index (χ1v) is 9.33. The summed E-state index contributed by atoms with van der Waals surface area (Å²) in [7, 11) is 1.58. The topological polar surface area (TPSA) is 98.8 Å². The Morgan fingerprint density at radius 2 is 2.03 bits per heavy atom. The number of nitrogens with one attached hydrogen (secondary N) is 1. The average molecular weight is 410 g/mol. The molecule has 1 unspecified atom stereocenters. The van der Waals surface area contributed by atoms with Crippen LogP contribution in [0.5, 0.6) is 5.75 Å². The molecular weight excluding hydrogens is 391 g/mol. The highest BCUT2D eigenvalue weighted by Gasteiger charge is 2.28. The summed E-state index contributed by atoms with van der Waals surface area (Å²) in [6, 6.07) is 13.2. The lowest BCUT2D eigenvalue weighted by Crippen LogP contribution is -2.30. The Morgan fingerprint density at radius 1 is 1.23 bits per heavy atom. The fraction of sp³-hybridized carbons (Fsp3) is 0.238. The highest BCUT2D eigenvalue weighted by Crippen LogP contribution is 2.20. The van der Waals surface area contributed by atoms with Gasteiger partial charge in [-0.25, -0.2) is 4.39 Å². The van der Waals surface area contributed by atoms with Gasteiger partial charge in [-0.15, -0.1) is 0 Å². The van der Waals surface area contributed by atoms with Crippen molar-refractivity contribution < 1.29 is 23.3 Å². The van der Waals surface area contributed by atoms with Crippen LogP contribution in [0.3, 0.4) is 0 Å². The van der Waals surface area contributed by atoms with Crippen molar-refractivity contribution in [1.82, 2.24) is 15.5 Å². The number of ether oxygens (including phenoxy) is 1. The van der Waals surface area contributed by atoms with Crippen molar-refractivity contribution in [2.24, 2.45) is 5.16 Å². The van der Waals surface area contributed by atoms with Gasteiger partial charge in [0.05, 0.1) is 13.5 Å². The van der Waals surface area contributed by atoms with Crippen LogP contribution in [0.15, 0.2) is 58.2 Å². The molecule has 0 saturated heterocycles. The van der Waals surface area contributed by atoms with Crippen molar-refractivity contribution in [3.8, 4) is 17.2 Å². The number of para-hydroxylation sites is 1. The lowest BCUT2D eigenvalue weighted by molar-refractivity contribution is -0.115. The average Bonchev–Trinajstić information content (AvgIpc) is 3.43. The molecule has 8 nitrogen and oxygen atoms in total. The van der Waals surface area contributed by atoms with Gasteiger partial charge < -0.3 is 19.4 Å². The second-order valence-electron chi connectivity index (χ2n) is 6.69. The van der Waals surface area contributed by atoms with E-state index >= 15 is 0 Å². The van der Waals surface area contributed by atoms with E-state index in [1.807, 2.05) is 24.3 Å². The standard InChI is InChI=1S/C21H19FN4O4/c1-28-18-5-3-2-4-14(18)12-23-20(27)17-10-16(29-25-17)11-19-24-21(30-26-19)13-6-8-15(22)9-7-13/h2-9,16H,10-12H2,1H3,(H,23,27). The summed E-state index contributed by atoms with van der Waals surface area (Å²) >= 11 is 0. The van der Waals surface area contributed by atoms with Crippen LogP contribution >= 0.6 is 0 Å². The lowest BCUT2D eigenvalue weighted by atomic mass is 10.1. The maximum absolute atomic E-state index is 13.0. The fourth-order valence-electron chi connectivity index (χ4n) is 3.05.